The first-order valence-electron chi connectivity index (χ1n) is 8.88. The molecule has 5 nitrogen and oxygen atoms in total. The highest BCUT2D eigenvalue weighted by Crippen LogP contribution is 2.36. The van der Waals surface area contributed by atoms with Crippen LogP contribution in [-0.4, -0.2) is 36.6 Å². The summed E-state index contributed by atoms with van der Waals surface area (Å²) in [5.74, 6) is -0.208. The number of nitrogens with one attached hydrogen (secondary N) is 1. The van der Waals surface area contributed by atoms with Gasteiger partial charge in [0.1, 0.15) is 0 Å². The zero-order valence-electron chi connectivity index (χ0n) is 15.6. The Bertz CT molecular complexity index is 697. The fraction of sp³-hybridized carbons (Fsp3) is 0.579. The van der Waals surface area contributed by atoms with Gasteiger partial charge in [-0.25, -0.2) is 0 Å². The Morgan fingerprint density at radius 2 is 1.88 bits per heavy atom. The quantitative estimate of drug-likeness (QED) is 0.671. The number of amides is 1. The lowest BCUT2D eigenvalue weighted by molar-refractivity contribution is -0.122. The normalized spacial score (nSPS) is 24.4. The smallest absolute Gasteiger partial charge is 0.399 e. The zero-order chi connectivity index (χ0) is 18.4. The summed E-state index contributed by atoms with van der Waals surface area (Å²) in [6.07, 6.45) is 0.997. The van der Waals surface area contributed by atoms with E-state index in [1.165, 1.54) is 0 Å². The lowest BCUT2D eigenvalue weighted by atomic mass is 9.75. The first-order chi connectivity index (χ1) is 11.6. The van der Waals surface area contributed by atoms with Crippen molar-refractivity contribution in [2.24, 2.45) is 5.92 Å². The third-order valence-corrected chi connectivity index (χ3v) is 5.69. The van der Waals surface area contributed by atoms with Crippen molar-refractivity contribution in [3.8, 4) is 0 Å². The topological polar surface area (TPSA) is 64.6 Å². The molecule has 2 fully saturated rings. The minimum atomic E-state index is -0.435. The maximum absolute atomic E-state index is 12.5. The van der Waals surface area contributed by atoms with E-state index in [0.29, 0.717) is 12.1 Å². The molecule has 2 aliphatic rings. The Morgan fingerprint density at radius 3 is 2.40 bits per heavy atom. The van der Waals surface area contributed by atoms with Gasteiger partial charge in [-0.3, -0.25) is 9.59 Å². The highest BCUT2D eigenvalue weighted by molar-refractivity contribution is 6.62. The van der Waals surface area contributed by atoms with Gasteiger partial charge in [0.25, 0.3) is 0 Å². The van der Waals surface area contributed by atoms with E-state index >= 15 is 0 Å². The Labute approximate surface area is 149 Å². The molecule has 1 atom stereocenters. The number of hydrogen-bond donors (Lipinski definition) is 1. The Kier molecular flexibility index (Phi) is 4.54. The first kappa shape index (κ1) is 18.1. The third-order valence-electron chi connectivity index (χ3n) is 5.69. The van der Waals surface area contributed by atoms with E-state index in [4.69, 9.17) is 9.31 Å². The molecule has 0 unspecified atom stereocenters. The van der Waals surface area contributed by atoms with Crippen LogP contribution in [0.25, 0.3) is 0 Å². The molecule has 1 aromatic rings. The van der Waals surface area contributed by atoms with Gasteiger partial charge < -0.3 is 14.6 Å². The highest BCUT2D eigenvalue weighted by atomic mass is 16.7. The van der Waals surface area contributed by atoms with E-state index in [0.717, 1.165) is 17.4 Å². The summed E-state index contributed by atoms with van der Waals surface area (Å²) < 4.78 is 12.2. The average Bonchev–Trinajstić information content (AvgIpc) is 2.99. The molecule has 1 N–H and O–H groups in total. The second-order valence-electron chi connectivity index (χ2n) is 8.06. The minimum absolute atomic E-state index is 0.00520. The van der Waals surface area contributed by atoms with Gasteiger partial charge in [-0.1, -0.05) is 17.7 Å². The summed E-state index contributed by atoms with van der Waals surface area (Å²) in [6.45, 7) is 10.7. The summed E-state index contributed by atoms with van der Waals surface area (Å²) in [5.41, 5.74) is 1.74. The van der Waals surface area contributed by atoms with Crippen LogP contribution < -0.4 is 10.8 Å². The maximum Gasteiger partial charge on any atom is 0.495 e. The fourth-order valence-electron chi connectivity index (χ4n) is 3.27. The van der Waals surface area contributed by atoms with Gasteiger partial charge in [-0.15, -0.1) is 0 Å². The predicted molar refractivity (Wildman–Crippen MR) is 97.0 cm³/mol. The molecule has 0 spiro atoms. The van der Waals surface area contributed by atoms with Gasteiger partial charge in [-0.2, -0.15) is 0 Å². The summed E-state index contributed by atoms with van der Waals surface area (Å²) >= 11 is 0. The van der Waals surface area contributed by atoms with Gasteiger partial charge >= 0.3 is 7.12 Å². The predicted octanol–water partition coefficient (Wildman–Crippen LogP) is 2.00. The average molecular weight is 343 g/mol. The molecule has 0 saturated carbocycles. The van der Waals surface area contributed by atoms with Gasteiger partial charge in [0.2, 0.25) is 5.91 Å². The molecule has 0 aromatic heterocycles. The van der Waals surface area contributed by atoms with E-state index < -0.39 is 18.3 Å². The van der Waals surface area contributed by atoms with Crippen LogP contribution in [0, 0.1) is 12.8 Å². The molecule has 0 bridgehead atoms. The van der Waals surface area contributed by atoms with Crippen LogP contribution in [0.5, 0.6) is 0 Å². The van der Waals surface area contributed by atoms with Crippen LogP contribution in [0.4, 0.5) is 0 Å². The molecular formula is C19H26BNO4. The number of Topliss-reactive ketones (excluding diaryl/α,β-unsaturated/α-hetero) is 1. The Hall–Kier alpha value is -1.66. The number of carbonyl (C=O) groups is 2. The van der Waals surface area contributed by atoms with Crippen LogP contribution in [0.2, 0.25) is 0 Å². The van der Waals surface area contributed by atoms with Crippen LogP contribution in [-0.2, 0) is 14.1 Å². The van der Waals surface area contributed by atoms with Crippen LogP contribution in [0.3, 0.4) is 0 Å². The monoisotopic (exact) mass is 343 g/mol. The van der Waals surface area contributed by atoms with Crippen molar-refractivity contribution in [2.75, 3.05) is 6.54 Å². The summed E-state index contributed by atoms with van der Waals surface area (Å²) in [7, 11) is -0.435. The molecular weight excluding hydrogens is 317 g/mol. The third kappa shape index (κ3) is 3.38. The zero-order valence-corrected chi connectivity index (χ0v) is 15.6. The number of carbonyl (C=O) groups excluding carboxylic acids is 2. The van der Waals surface area contributed by atoms with Crippen molar-refractivity contribution in [3.63, 3.8) is 0 Å². The molecule has 2 saturated heterocycles. The molecule has 1 aromatic carbocycles. The summed E-state index contributed by atoms with van der Waals surface area (Å²) in [4.78, 5) is 24.2. The minimum Gasteiger partial charge on any atom is -0.399 e. The number of aryl methyl sites for hydroxylation is 1. The van der Waals surface area contributed by atoms with E-state index in [2.05, 4.69) is 5.32 Å². The first-order valence-corrected chi connectivity index (χ1v) is 8.88. The number of benzene rings is 1. The van der Waals surface area contributed by atoms with Crippen LogP contribution >= 0.6 is 0 Å². The lowest BCUT2D eigenvalue weighted by Gasteiger charge is -2.32. The number of ketones is 1. The molecule has 3 rings (SSSR count). The van der Waals surface area contributed by atoms with E-state index in [9.17, 15) is 9.59 Å². The van der Waals surface area contributed by atoms with Crippen molar-refractivity contribution < 1.29 is 18.9 Å². The maximum atomic E-state index is 12.5. The summed E-state index contributed by atoms with van der Waals surface area (Å²) in [5, 5.41) is 2.78. The van der Waals surface area contributed by atoms with Crippen molar-refractivity contribution in [1.82, 2.24) is 5.32 Å². The molecule has 1 amide bonds. The molecule has 0 aliphatic carbocycles. The Balaban J connectivity index is 1.75. The largest absolute Gasteiger partial charge is 0.495 e. The van der Waals surface area contributed by atoms with Gasteiger partial charge in [0, 0.05) is 24.4 Å². The lowest BCUT2D eigenvalue weighted by Crippen LogP contribution is -2.41. The van der Waals surface area contributed by atoms with Crippen LogP contribution in [0.1, 0.15) is 56.5 Å². The molecule has 0 radical (unpaired) electrons. The van der Waals surface area contributed by atoms with Gasteiger partial charge in [0.15, 0.2) is 5.78 Å². The van der Waals surface area contributed by atoms with E-state index in [1.54, 1.807) is 0 Å². The number of rotatable bonds is 4. The van der Waals surface area contributed by atoms with E-state index in [1.807, 2.05) is 52.8 Å². The van der Waals surface area contributed by atoms with Crippen molar-refractivity contribution in [2.45, 2.75) is 58.7 Å². The van der Waals surface area contributed by atoms with Crippen molar-refractivity contribution >= 4 is 24.3 Å². The second kappa shape index (κ2) is 6.25. The second-order valence-corrected chi connectivity index (χ2v) is 8.06. The SMILES string of the molecule is Cc1cc(C(=O)C[C@H]2CCNC2=O)ccc1B1OC(C)(C)C(C)(C)O1. The van der Waals surface area contributed by atoms with Crippen LogP contribution in [0.15, 0.2) is 18.2 Å². The highest BCUT2D eigenvalue weighted by Gasteiger charge is 2.52. The summed E-state index contributed by atoms with van der Waals surface area (Å²) in [6, 6.07) is 5.58. The molecule has 6 heteroatoms. The molecule has 2 aliphatic heterocycles. The Morgan fingerprint density at radius 1 is 1.24 bits per heavy atom. The number of hydrogen-bond acceptors (Lipinski definition) is 4. The van der Waals surface area contributed by atoms with Gasteiger partial charge in [0.05, 0.1) is 11.2 Å². The van der Waals surface area contributed by atoms with Crippen molar-refractivity contribution in [3.05, 3.63) is 29.3 Å². The molecule has 25 heavy (non-hydrogen) atoms. The standard InChI is InChI=1S/C19H26BNO4/c1-12-10-13(16(22)11-14-8-9-21-17(14)23)6-7-15(12)20-24-18(2,3)19(4,5)25-20/h6-7,10,14H,8-9,11H2,1-5H3,(H,21,23)/t14-/m1/s1. The van der Waals surface area contributed by atoms with E-state index in [-0.39, 0.29) is 24.0 Å². The molecule has 2 heterocycles. The van der Waals surface area contributed by atoms with Crippen molar-refractivity contribution in [1.29, 1.82) is 0 Å². The molecule has 134 valence electrons. The fourth-order valence-corrected chi connectivity index (χ4v) is 3.27. The van der Waals surface area contributed by atoms with Gasteiger partial charge in [-0.05, 0) is 52.6 Å².